The average Bonchev–Trinajstić information content (AvgIpc) is 3.13. The summed E-state index contributed by atoms with van der Waals surface area (Å²) < 4.78 is 15.1. The smallest absolute Gasteiger partial charge is 0.328 e. The van der Waals surface area contributed by atoms with Crippen LogP contribution in [-0.4, -0.2) is 48.4 Å². The maximum Gasteiger partial charge on any atom is 0.328 e. The number of likely N-dealkylation sites (tertiary alicyclic amines) is 1. The zero-order valence-corrected chi connectivity index (χ0v) is 11.5. The highest BCUT2D eigenvalue weighted by molar-refractivity contribution is 6.00. The third kappa shape index (κ3) is 2.24. The summed E-state index contributed by atoms with van der Waals surface area (Å²) in [7, 11) is 1.29. The Kier molecular flexibility index (Phi) is 3.32. The van der Waals surface area contributed by atoms with Crippen molar-refractivity contribution in [1.29, 1.82) is 0 Å². The summed E-state index contributed by atoms with van der Waals surface area (Å²) in [4.78, 5) is 25.7. The largest absolute Gasteiger partial charge is 0.507 e. The van der Waals surface area contributed by atoms with Gasteiger partial charge in [0.1, 0.15) is 11.8 Å². The van der Waals surface area contributed by atoms with Gasteiger partial charge in [0.2, 0.25) is 6.79 Å². The number of ether oxygens (including phenoxy) is 3. The van der Waals surface area contributed by atoms with Crippen molar-refractivity contribution in [1.82, 2.24) is 4.90 Å². The molecule has 1 aromatic carbocycles. The SMILES string of the molecule is COC(=O)C1CCCN1C(=O)c1cc2c(cc1O)OCO2. The minimum atomic E-state index is -0.604. The van der Waals surface area contributed by atoms with Crippen LogP contribution >= 0.6 is 0 Å². The Morgan fingerprint density at radius 2 is 2.05 bits per heavy atom. The number of rotatable bonds is 2. The van der Waals surface area contributed by atoms with E-state index >= 15 is 0 Å². The van der Waals surface area contributed by atoms with Crippen LogP contribution in [0.25, 0.3) is 0 Å². The normalized spacial score (nSPS) is 19.7. The van der Waals surface area contributed by atoms with Gasteiger partial charge in [0.15, 0.2) is 11.5 Å². The van der Waals surface area contributed by atoms with E-state index in [1.54, 1.807) is 0 Å². The molecule has 2 heterocycles. The fourth-order valence-electron chi connectivity index (χ4n) is 2.65. The van der Waals surface area contributed by atoms with Crippen LogP contribution < -0.4 is 9.47 Å². The van der Waals surface area contributed by atoms with Crippen LogP contribution in [-0.2, 0) is 9.53 Å². The zero-order chi connectivity index (χ0) is 15.0. The molecule has 7 heteroatoms. The highest BCUT2D eigenvalue weighted by Gasteiger charge is 2.36. The third-order valence-electron chi connectivity index (χ3n) is 3.71. The van der Waals surface area contributed by atoms with Gasteiger partial charge >= 0.3 is 5.97 Å². The van der Waals surface area contributed by atoms with Gasteiger partial charge in [0, 0.05) is 18.7 Å². The van der Waals surface area contributed by atoms with Gasteiger partial charge in [-0.15, -0.1) is 0 Å². The molecule has 7 nitrogen and oxygen atoms in total. The molecule has 0 aromatic heterocycles. The first-order valence-electron chi connectivity index (χ1n) is 6.63. The molecular weight excluding hydrogens is 278 g/mol. The molecule has 21 heavy (non-hydrogen) atoms. The van der Waals surface area contributed by atoms with Gasteiger partial charge in [-0.3, -0.25) is 4.79 Å². The number of methoxy groups -OCH3 is 1. The van der Waals surface area contributed by atoms with Crippen LogP contribution in [0.4, 0.5) is 0 Å². The number of fused-ring (bicyclic) bond motifs is 1. The van der Waals surface area contributed by atoms with Crippen LogP contribution in [0.2, 0.25) is 0 Å². The minimum Gasteiger partial charge on any atom is -0.507 e. The topological polar surface area (TPSA) is 85.3 Å². The molecule has 1 N–H and O–H groups in total. The van der Waals surface area contributed by atoms with E-state index in [2.05, 4.69) is 0 Å². The Morgan fingerprint density at radius 1 is 1.33 bits per heavy atom. The average molecular weight is 293 g/mol. The molecule has 3 rings (SSSR count). The van der Waals surface area contributed by atoms with Crippen molar-refractivity contribution in [3.8, 4) is 17.2 Å². The molecule has 1 atom stereocenters. The molecular formula is C14H15NO6. The van der Waals surface area contributed by atoms with E-state index in [0.29, 0.717) is 24.5 Å². The van der Waals surface area contributed by atoms with Crippen LogP contribution in [0, 0.1) is 0 Å². The second-order valence-corrected chi connectivity index (χ2v) is 4.90. The first-order valence-corrected chi connectivity index (χ1v) is 6.63. The molecule has 1 aromatic rings. The van der Waals surface area contributed by atoms with Gasteiger partial charge in [-0.25, -0.2) is 4.79 Å². The Morgan fingerprint density at radius 3 is 2.76 bits per heavy atom. The van der Waals surface area contributed by atoms with Gasteiger partial charge < -0.3 is 24.2 Å². The quantitative estimate of drug-likeness (QED) is 0.815. The molecule has 112 valence electrons. The van der Waals surface area contributed by atoms with Gasteiger partial charge in [-0.1, -0.05) is 0 Å². The molecule has 0 radical (unpaired) electrons. The fraction of sp³-hybridized carbons (Fsp3) is 0.429. The molecule has 0 saturated carbocycles. The van der Waals surface area contributed by atoms with E-state index < -0.39 is 17.9 Å². The van der Waals surface area contributed by atoms with E-state index in [4.69, 9.17) is 14.2 Å². The van der Waals surface area contributed by atoms with E-state index in [1.165, 1.54) is 24.1 Å². The maximum absolute atomic E-state index is 12.6. The van der Waals surface area contributed by atoms with Crippen molar-refractivity contribution in [2.24, 2.45) is 0 Å². The number of carbonyl (C=O) groups excluding carboxylic acids is 2. The van der Waals surface area contributed by atoms with Gasteiger partial charge in [-0.2, -0.15) is 0 Å². The number of amides is 1. The van der Waals surface area contributed by atoms with Crippen molar-refractivity contribution < 1.29 is 28.9 Å². The van der Waals surface area contributed by atoms with Crippen LogP contribution in [0.5, 0.6) is 17.2 Å². The summed E-state index contributed by atoms with van der Waals surface area (Å²) in [5.41, 5.74) is 0.0926. The summed E-state index contributed by atoms with van der Waals surface area (Å²) >= 11 is 0. The minimum absolute atomic E-state index is 0.0565. The Labute approximate surface area is 121 Å². The molecule has 2 aliphatic heterocycles. The second-order valence-electron chi connectivity index (χ2n) is 4.90. The van der Waals surface area contributed by atoms with Crippen LogP contribution in [0.1, 0.15) is 23.2 Å². The zero-order valence-electron chi connectivity index (χ0n) is 11.5. The number of esters is 1. The van der Waals surface area contributed by atoms with Crippen molar-refractivity contribution in [3.05, 3.63) is 17.7 Å². The molecule has 1 unspecified atom stereocenters. The van der Waals surface area contributed by atoms with Gasteiger partial charge in [-0.05, 0) is 12.8 Å². The van der Waals surface area contributed by atoms with Gasteiger partial charge in [0.25, 0.3) is 5.91 Å². The predicted molar refractivity (Wildman–Crippen MR) is 70.3 cm³/mol. The number of aromatic hydroxyl groups is 1. The number of hydrogen-bond donors (Lipinski definition) is 1. The molecule has 1 saturated heterocycles. The van der Waals surface area contributed by atoms with Crippen molar-refractivity contribution >= 4 is 11.9 Å². The monoisotopic (exact) mass is 293 g/mol. The first-order chi connectivity index (χ1) is 10.1. The molecule has 1 fully saturated rings. The van der Waals surface area contributed by atoms with E-state index in [9.17, 15) is 14.7 Å². The lowest BCUT2D eigenvalue weighted by Gasteiger charge is -2.23. The number of benzene rings is 1. The second kappa shape index (κ2) is 5.16. The third-order valence-corrected chi connectivity index (χ3v) is 3.71. The summed E-state index contributed by atoms with van der Waals surface area (Å²) in [5.74, 6) is -0.250. The van der Waals surface area contributed by atoms with E-state index in [0.717, 1.165) is 6.42 Å². The molecule has 0 bridgehead atoms. The number of phenolic OH excluding ortho intramolecular Hbond substituents is 1. The lowest BCUT2D eigenvalue weighted by atomic mass is 10.1. The Hall–Kier alpha value is -2.44. The van der Waals surface area contributed by atoms with Gasteiger partial charge in [0.05, 0.1) is 12.7 Å². The fourth-order valence-corrected chi connectivity index (χ4v) is 2.65. The van der Waals surface area contributed by atoms with Crippen molar-refractivity contribution in [2.45, 2.75) is 18.9 Å². The van der Waals surface area contributed by atoms with Crippen LogP contribution in [0.15, 0.2) is 12.1 Å². The number of carbonyl (C=O) groups is 2. The summed E-state index contributed by atoms with van der Waals surface area (Å²) in [6.07, 6.45) is 1.28. The molecule has 2 aliphatic rings. The molecule has 1 amide bonds. The standard InChI is InChI=1S/C14H15NO6/c1-19-14(18)9-3-2-4-15(9)13(17)8-5-11-12(6-10(8)16)21-7-20-11/h5-6,9,16H,2-4,7H2,1H3. The lowest BCUT2D eigenvalue weighted by Crippen LogP contribution is -2.41. The molecule has 0 spiro atoms. The van der Waals surface area contributed by atoms with Crippen LogP contribution in [0.3, 0.4) is 0 Å². The maximum atomic E-state index is 12.6. The molecule has 0 aliphatic carbocycles. The summed E-state index contributed by atoms with van der Waals surface area (Å²) in [6.45, 7) is 0.507. The van der Waals surface area contributed by atoms with E-state index in [-0.39, 0.29) is 18.1 Å². The lowest BCUT2D eigenvalue weighted by molar-refractivity contribution is -0.145. The highest BCUT2D eigenvalue weighted by Crippen LogP contribution is 2.38. The number of phenols is 1. The van der Waals surface area contributed by atoms with Crippen molar-refractivity contribution in [2.75, 3.05) is 20.4 Å². The first kappa shape index (κ1) is 13.5. The number of nitrogens with zero attached hydrogens (tertiary/aromatic N) is 1. The summed E-state index contributed by atoms with van der Waals surface area (Å²) in [6, 6.07) is 2.18. The highest BCUT2D eigenvalue weighted by atomic mass is 16.7. The van der Waals surface area contributed by atoms with E-state index in [1.807, 2.05) is 0 Å². The Balaban J connectivity index is 1.90. The number of hydrogen-bond acceptors (Lipinski definition) is 6. The van der Waals surface area contributed by atoms with Crippen molar-refractivity contribution in [3.63, 3.8) is 0 Å². The Bertz CT molecular complexity index is 599. The summed E-state index contributed by atoms with van der Waals surface area (Å²) in [5, 5.41) is 9.99. The predicted octanol–water partition coefficient (Wildman–Crippen LogP) is 0.898.